The summed E-state index contributed by atoms with van der Waals surface area (Å²) in [5.74, 6) is -1.33. The zero-order chi connectivity index (χ0) is 18.1. The molecule has 6 heteroatoms. The van der Waals surface area contributed by atoms with Crippen molar-refractivity contribution in [2.24, 2.45) is 4.99 Å². The van der Waals surface area contributed by atoms with Crippen LogP contribution in [0.2, 0.25) is 0 Å². The lowest BCUT2D eigenvalue weighted by Crippen LogP contribution is -2.74. The molecule has 3 aliphatic rings. The number of hydrogen-bond donors (Lipinski definition) is 0. The van der Waals surface area contributed by atoms with Gasteiger partial charge >= 0.3 is 0 Å². The predicted octanol–water partition coefficient (Wildman–Crippen LogP) is 2.09. The van der Waals surface area contributed by atoms with E-state index in [-0.39, 0.29) is 5.91 Å². The monoisotopic (exact) mass is 348 g/mol. The number of rotatable bonds is 1. The SMILES string of the molecule is CN1C(=O)c2ccccc2[C@@]2(O[C@@]3(C)OC(c4ccccc4)=N[C@H]32)C1=O. The van der Waals surface area contributed by atoms with Gasteiger partial charge in [0.1, 0.15) is 0 Å². The van der Waals surface area contributed by atoms with Gasteiger partial charge in [0, 0.05) is 30.7 Å². The van der Waals surface area contributed by atoms with Crippen molar-refractivity contribution in [2.45, 2.75) is 24.4 Å². The normalized spacial score (nSPS) is 31.8. The quantitative estimate of drug-likeness (QED) is 0.740. The lowest BCUT2D eigenvalue weighted by Gasteiger charge is -2.56. The lowest BCUT2D eigenvalue weighted by molar-refractivity contribution is -0.347. The maximum Gasteiger partial charge on any atom is 0.268 e. The Bertz CT molecular complexity index is 986. The van der Waals surface area contributed by atoms with E-state index in [1.165, 1.54) is 7.05 Å². The minimum Gasteiger partial charge on any atom is -0.443 e. The first-order valence-corrected chi connectivity index (χ1v) is 8.42. The van der Waals surface area contributed by atoms with Gasteiger partial charge in [0.05, 0.1) is 0 Å². The van der Waals surface area contributed by atoms with Gasteiger partial charge in [-0.1, -0.05) is 36.4 Å². The fourth-order valence-electron chi connectivity index (χ4n) is 4.07. The van der Waals surface area contributed by atoms with Crippen LogP contribution in [0.25, 0.3) is 0 Å². The molecular weight excluding hydrogens is 332 g/mol. The molecule has 3 atom stereocenters. The predicted molar refractivity (Wildman–Crippen MR) is 92.6 cm³/mol. The summed E-state index contributed by atoms with van der Waals surface area (Å²) >= 11 is 0. The minimum absolute atomic E-state index is 0.334. The first-order valence-electron chi connectivity index (χ1n) is 8.42. The Labute approximate surface area is 150 Å². The van der Waals surface area contributed by atoms with Gasteiger partial charge in [-0.25, -0.2) is 4.99 Å². The molecule has 0 unspecified atom stereocenters. The Kier molecular flexibility index (Phi) is 2.82. The summed E-state index contributed by atoms with van der Waals surface area (Å²) in [6.45, 7) is 1.77. The number of nitrogens with zero attached hydrogens (tertiary/aromatic N) is 2. The fraction of sp³-hybridized carbons (Fsp3) is 0.250. The lowest BCUT2D eigenvalue weighted by atomic mass is 9.72. The highest BCUT2D eigenvalue weighted by Crippen LogP contribution is 2.57. The van der Waals surface area contributed by atoms with Gasteiger partial charge < -0.3 is 9.47 Å². The van der Waals surface area contributed by atoms with Crippen LogP contribution in [0.15, 0.2) is 59.6 Å². The summed E-state index contributed by atoms with van der Waals surface area (Å²) in [5, 5.41) is 0. The highest BCUT2D eigenvalue weighted by molar-refractivity contribution is 6.13. The number of likely N-dealkylation sites (N-methyl/N-ethyl adjacent to an activating group) is 1. The van der Waals surface area contributed by atoms with Crippen LogP contribution in [0.1, 0.15) is 28.4 Å². The van der Waals surface area contributed by atoms with E-state index in [9.17, 15) is 9.59 Å². The Hall–Kier alpha value is -2.99. The molecule has 1 saturated heterocycles. The summed E-state index contributed by atoms with van der Waals surface area (Å²) in [6, 6.07) is 16.0. The summed E-state index contributed by atoms with van der Waals surface area (Å²) in [5.41, 5.74) is 0.505. The highest BCUT2D eigenvalue weighted by Gasteiger charge is 2.75. The zero-order valence-electron chi connectivity index (χ0n) is 14.3. The Morgan fingerprint density at radius 1 is 1.04 bits per heavy atom. The number of imide groups is 1. The smallest absolute Gasteiger partial charge is 0.268 e. The molecule has 0 N–H and O–H groups in total. The molecule has 0 aromatic heterocycles. The molecule has 0 aliphatic carbocycles. The van der Waals surface area contributed by atoms with Crippen molar-refractivity contribution in [3.63, 3.8) is 0 Å². The van der Waals surface area contributed by atoms with Gasteiger partial charge in [0.2, 0.25) is 17.3 Å². The molecule has 26 heavy (non-hydrogen) atoms. The third kappa shape index (κ3) is 1.67. The first kappa shape index (κ1) is 15.3. The molecule has 6 nitrogen and oxygen atoms in total. The van der Waals surface area contributed by atoms with Crippen LogP contribution < -0.4 is 0 Å². The van der Waals surface area contributed by atoms with Gasteiger partial charge in [-0.2, -0.15) is 0 Å². The number of hydrogen-bond acceptors (Lipinski definition) is 5. The molecule has 0 bridgehead atoms. The van der Waals surface area contributed by atoms with E-state index in [0.29, 0.717) is 17.0 Å². The zero-order valence-corrected chi connectivity index (χ0v) is 14.3. The molecule has 2 aromatic carbocycles. The molecule has 0 saturated carbocycles. The largest absolute Gasteiger partial charge is 0.443 e. The van der Waals surface area contributed by atoms with Gasteiger partial charge in [-0.15, -0.1) is 0 Å². The number of carbonyl (C=O) groups is 2. The number of aliphatic imine (C=N–C) groups is 1. The average molecular weight is 348 g/mol. The van der Waals surface area contributed by atoms with E-state index < -0.39 is 23.3 Å². The van der Waals surface area contributed by atoms with Crippen molar-refractivity contribution in [2.75, 3.05) is 7.05 Å². The minimum atomic E-state index is -1.33. The second-order valence-corrected chi connectivity index (χ2v) is 6.87. The van der Waals surface area contributed by atoms with E-state index >= 15 is 0 Å². The van der Waals surface area contributed by atoms with Crippen LogP contribution in [-0.2, 0) is 19.9 Å². The molecular formula is C20H16N2O4. The van der Waals surface area contributed by atoms with Crippen LogP contribution in [0.4, 0.5) is 0 Å². The van der Waals surface area contributed by atoms with Crippen molar-refractivity contribution in [3.05, 3.63) is 71.3 Å². The second kappa shape index (κ2) is 4.80. The molecule has 3 heterocycles. The van der Waals surface area contributed by atoms with Crippen LogP contribution in [0.5, 0.6) is 0 Å². The fourth-order valence-corrected chi connectivity index (χ4v) is 4.07. The van der Waals surface area contributed by atoms with Gasteiger partial charge in [-0.3, -0.25) is 14.5 Å². The van der Waals surface area contributed by atoms with E-state index in [2.05, 4.69) is 0 Å². The van der Waals surface area contributed by atoms with Crippen molar-refractivity contribution in [1.29, 1.82) is 0 Å². The number of ether oxygens (including phenoxy) is 2. The van der Waals surface area contributed by atoms with E-state index in [4.69, 9.17) is 14.5 Å². The van der Waals surface area contributed by atoms with E-state index in [1.807, 2.05) is 30.3 Å². The topological polar surface area (TPSA) is 68.2 Å². The van der Waals surface area contributed by atoms with Gasteiger partial charge in [0.25, 0.3) is 11.8 Å². The summed E-state index contributed by atoms with van der Waals surface area (Å²) in [6.07, 6.45) is 0. The van der Waals surface area contributed by atoms with Gasteiger partial charge in [-0.05, 0) is 18.2 Å². The Morgan fingerprint density at radius 3 is 2.50 bits per heavy atom. The standard InChI is InChI=1S/C20H16N2O4/c1-19-17(21-15(25-19)12-8-4-3-5-9-12)20(26-19)14-11-7-6-10-13(14)16(23)22(2)18(20)24/h3-11,17H,1-2H3/t17-,19-,20+/m1/s1. The maximum absolute atomic E-state index is 13.1. The molecule has 0 radical (unpaired) electrons. The number of amides is 2. The molecule has 2 amide bonds. The van der Waals surface area contributed by atoms with Crippen molar-refractivity contribution < 1.29 is 19.1 Å². The molecule has 2 aromatic rings. The number of carbonyl (C=O) groups excluding carboxylic acids is 2. The van der Waals surface area contributed by atoms with Crippen LogP contribution in [0.3, 0.4) is 0 Å². The molecule has 5 rings (SSSR count). The van der Waals surface area contributed by atoms with Crippen molar-refractivity contribution >= 4 is 17.7 Å². The maximum atomic E-state index is 13.1. The average Bonchev–Trinajstić information content (AvgIpc) is 2.94. The van der Waals surface area contributed by atoms with E-state index in [1.54, 1.807) is 31.2 Å². The second-order valence-electron chi connectivity index (χ2n) is 6.87. The molecule has 3 aliphatic heterocycles. The first-order chi connectivity index (χ1) is 12.5. The van der Waals surface area contributed by atoms with Crippen LogP contribution in [-0.4, -0.2) is 41.5 Å². The third-order valence-corrected chi connectivity index (χ3v) is 5.30. The summed E-state index contributed by atoms with van der Waals surface area (Å²) in [4.78, 5) is 31.4. The Balaban J connectivity index is 1.67. The van der Waals surface area contributed by atoms with E-state index in [0.717, 1.165) is 10.5 Å². The molecule has 1 fully saturated rings. The number of benzene rings is 2. The van der Waals surface area contributed by atoms with Crippen molar-refractivity contribution in [3.8, 4) is 0 Å². The van der Waals surface area contributed by atoms with Crippen molar-refractivity contribution in [1.82, 2.24) is 4.90 Å². The highest BCUT2D eigenvalue weighted by atomic mass is 16.7. The molecule has 1 spiro atoms. The van der Waals surface area contributed by atoms with Crippen LogP contribution >= 0.6 is 0 Å². The van der Waals surface area contributed by atoms with Gasteiger partial charge in [0.15, 0.2) is 6.04 Å². The third-order valence-electron chi connectivity index (χ3n) is 5.30. The molecule has 130 valence electrons. The summed E-state index contributed by atoms with van der Waals surface area (Å²) < 4.78 is 12.1. The number of fused-ring (bicyclic) bond motifs is 4. The van der Waals surface area contributed by atoms with Crippen LogP contribution in [0, 0.1) is 0 Å². The summed E-state index contributed by atoms with van der Waals surface area (Å²) in [7, 11) is 1.47. The Morgan fingerprint density at radius 2 is 1.73 bits per heavy atom.